The summed E-state index contributed by atoms with van der Waals surface area (Å²) in [5.74, 6) is 0. The van der Waals surface area contributed by atoms with Gasteiger partial charge >= 0.3 is 0 Å². The summed E-state index contributed by atoms with van der Waals surface area (Å²) in [4.78, 5) is 0. The number of rotatable bonds is 0. The summed E-state index contributed by atoms with van der Waals surface area (Å²) >= 11 is 0. The Labute approximate surface area is 72.1 Å². The molecule has 1 atom stereocenters. The average molecular weight is 160 g/mol. The zero-order valence-corrected chi connectivity index (χ0v) is 7.04. The van der Waals surface area contributed by atoms with Gasteiger partial charge in [-0.3, -0.25) is 0 Å². The van der Waals surface area contributed by atoms with Crippen molar-refractivity contribution in [3.05, 3.63) is 35.4 Å². The molecular formula is C10H12N2. The van der Waals surface area contributed by atoms with Crippen molar-refractivity contribution in [2.75, 3.05) is 5.32 Å². The number of anilines is 1. The van der Waals surface area contributed by atoms with Crippen molar-refractivity contribution in [2.45, 2.75) is 13.1 Å². The maximum Gasteiger partial charge on any atom is 0.0938 e. The Bertz CT molecular complexity index is 329. The molecule has 1 aliphatic rings. The van der Waals surface area contributed by atoms with E-state index in [2.05, 4.69) is 36.5 Å². The molecule has 0 amide bonds. The van der Waals surface area contributed by atoms with Gasteiger partial charge in [-0.2, -0.15) is 0 Å². The highest BCUT2D eigenvalue weighted by Gasteiger charge is 2.07. The fourth-order valence-electron chi connectivity index (χ4n) is 1.39. The Morgan fingerprint density at radius 1 is 1.42 bits per heavy atom. The van der Waals surface area contributed by atoms with E-state index in [1.165, 1.54) is 11.1 Å². The Balaban J connectivity index is 2.47. The molecule has 0 aliphatic carbocycles. The molecule has 2 nitrogen and oxygen atoms in total. The van der Waals surface area contributed by atoms with E-state index in [9.17, 15) is 0 Å². The summed E-state index contributed by atoms with van der Waals surface area (Å²) in [5.41, 5.74) is 9.30. The molecule has 1 heterocycles. The predicted octanol–water partition coefficient (Wildman–Crippen LogP) is 1.72. The molecule has 1 aromatic rings. The van der Waals surface area contributed by atoms with E-state index in [0.717, 1.165) is 5.69 Å². The number of nitrogens with two attached hydrogens (primary N) is 1. The van der Waals surface area contributed by atoms with E-state index in [0.29, 0.717) is 0 Å². The summed E-state index contributed by atoms with van der Waals surface area (Å²) in [6, 6.07) is 6.29. The third-order valence-corrected chi connectivity index (χ3v) is 2.01. The molecule has 0 saturated heterocycles. The Kier molecular flexibility index (Phi) is 1.62. The molecule has 0 radical (unpaired) electrons. The van der Waals surface area contributed by atoms with E-state index in [1.807, 2.05) is 6.08 Å². The summed E-state index contributed by atoms with van der Waals surface area (Å²) in [6.07, 6.45) is 3.98. The lowest BCUT2D eigenvalue weighted by Crippen LogP contribution is -2.29. The third-order valence-electron chi connectivity index (χ3n) is 2.01. The number of hydrogen-bond acceptors (Lipinski definition) is 2. The van der Waals surface area contributed by atoms with Gasteiger partial charge < -0.3 is 11.1 Å². The highest BCUT2D eigenvalue weighted by Crippen LogP contribution is 2.22. The van der Waals surface area contributed by atoms with Gasteiger partial charge in [0, 0.05) is 5.69 Å². The molecule has 0 aromatic heterocycles. The molecule has 2 heteroatoms. The van der Waals surface area contributed by atoms with Gasteiger partial charge in [-0.1, -0.05) is 17.7 Å². The van der Waals surface area contributed by atoms with Crippen LogP contribution in [0, 0.1) is 6.92 Å². The highest BCUT2D eigenvalue weighted by atomic mass is 15.0. The van der Waals surface area contributed by atoms with Crippen molar-refractivity contribution in [1.82, 2.24) is 0 Å². The zero-order valence-electron chi connectivity index (χ0n) is 7.04. The largest absolute Gasteiger partial charge is 0.366 e. The summed E-state index contributed by atoms with van der Waals surface area (Å²) in [6.45, 7) is 2.09. The van der Waals surface area contributed by atoms with Crippen molar-refractivity contribution in [3.63, 3.8) is 0 Å². The normalized spacial score (nSPS) is 20.0. The maximum absolute atomic E-state index is 5.69. The van der Waals surface area contributed by atoms with Gasteiger partial charge in [0.15, 0.2) is 0 Å². The van der Waals surface area contributed by atoms with Crippen LogP contribution in [0.1, 0.15) is 11.1 Å². The van der Waals surface area contributed by atoms with Crippen LogP contribution >= 0.6 is 0 Å². The van der Waals surface area contributed by atoms with Gasteiger partial charge in [0.2, 0.25) is 0 Å². The van der Waals surface area contributed by atoms with E-state index >= 15 is 0 Å². The average Bonchev–Trinajstić information content (AvgIpc) is 2.05. The Morgan fingerprint density at radius 3 is 3.08 bits per heavy atom. The molecule has 0 bridgehead atoms. The summed E-state index contributed by atoms with van der Waals surface area (Å²) in [7, 11) is 0. The minimum absolute atomic E-state index is 0.0415. The van der Waals surface area contributed by atoms with Crippen molar-refractivity contribution < 1.29 is 0 Å². The van der Waals surface area contributed by atoms with Gasteiger partial charge in [-0.05, 0) is 30.7 Å². The number of fused-ring (bicyclic) bond motifs is 1. The fraction of sp³-hybridized carbons (Fsp3) is 0.200. The minimum atomic E-state index is -0.0415. The van der Waals surface area contributed by atoms with Crippen molar-refractivity contribution >= 4 is 11.8 Å². The van der Waals surface area contributed by atoms with E-state index in [4.69, 9.17) is 5.73 Å². The second kappa shape index (κ2) is 2.64. The maximum atomic E-state index is 5.69. The lowest BCUT2D eigenvalue weighted by Gasteiger charge is -2.18. The first-order chi connectivity index (χ1) is 5.75. The molecular weight excluding hydrogens is 148 g/mol. The van der Waals surface area contributed by atoms with Crippen molar-refractivity contribution in [1.29, 1.82) is 0 Å². The quantitative estimate of drug-likeness (QED) is 0.606. The topological polar surface area (TPSA) is 38.0 Å². The second-order valence-corrected chi connectivity index (χ2v) is 3.12. The number of aryl methyl sites for hydroxylation is 1. The van der Waals surface area contributed by atoms with Crippen LogP contribution in [0.15, 0.2) is 24.3 Å². The van der Waals surface area contributed by atoms with Crippen LogP contribution in [-0.4, -0.2) is 6.17 Å². The number of benzene rings is 1. The Hall–Kier alpha value is -1.28. The van der Waals surface area contributed by atoms with Crippen LogP contribution < -0.4 is 11.1 Å². The van der Waals surface area contributed by atoms with Crippen LogP contribution in [0.25, 0.3) is 6.08 Å². The molecule has 1 unspecified atom stereocenters. The first-order valence-corrected chi connectivity index (χ1v) is 4.07. The monoisotopic (exact) mass is 160 g/mol. The summed E-state index contributed by atoms with van der Waals surface area (Å²) < 4.78 is 0. The van der Waals surface area contributed by atoms with Gasteiger partial charge in [-0.25, -0.2) is 0 Å². The molecule has 12 heavy (non-hydrogen) atoms. The second-order valence-electron chi connectivity index (χ2n) is 3.12. The standard InChI is InChI=1S/C10H12N2/c1-7-2-4-9-8(6-7)3-5-10(11)12-9/h2-6,10,12H,11H2,1H3. The first-order valence-electron chi connectivity index (χ1n) is 4.07. The molecule has 0 saturated carbocycles. The molecule has 1 aliphatic heterocycles. The van der Waals surface area contributed by atoms with Crippen LogP contribution in [0.3, 0.4) is 0 Å². The molecule has 1 aromatic carbocycles. The van der Waals surface area contributed by atoms with Crippen LogP contribution in [0.5, 0.6) is 0 Å². The van der Waals surface area contributed by atoms with Gasteiger partial charge in [0.1, 0.15) is 0 Å². The molecule has 0 spiro atoms. The lowest BCUT2D eigenvalue weighted by atomic mass is 10.1. The highest BCUT2D eigenvalue weighted by molar-refractivity contribution is 5.71. The van der Waals surface area contributed by atoms with Crippen molar-refractivity contribution in [2.24, 2.45) is 5.73 Å². The minimum Gasteiger partial charge on any atom is -0.366 e. The Morgan fingerprint density at radius 2 is 2.25 bits per heavy atom. The fourth-order valence-corrected chi connectivity index (χ4v) is 1.39. The number of hydrogen-bond donors (Lipinski definition) is 2. The molecule has 62 valence electrons. The van der Waals surface area contributed by atoms with Crippen LogP contribution in [0.2, 0.25) is 0 Å². The van der Waals surface area contributed by atoms with Crippen LogP contribution in [0.4, 0.5) is 5.69 Å². The van der Waals surface area contributed by atoms with Gasteiger partial charge in [-0.15, -0.1) is 0 Å². The third kappa shape index (κ3) is 1.21. The van der Waals surface area contributed by atoms with E-state index in [1.54, 1.807) is 0 Å². The predicted molar refractivity (Wildman–Crippen MR) is 51.8 cm³/mol. The smallest absolute Gasteiger partial charge is 0.0938 e. The molecule has 0 fully saturated rings. The van der Waals surface area contributed by atoms with Gasteiger partial charge in [0.05, 0.1) is 6.17 Å². The van der Waals surface area contributed by atoms with E-state index < -0.39 is 0 Å². The SMILES string of the molecule is Cc1ccc2c(c1)C=CC(N)N2. The number of nitrogens with one attached hydrogen (secondary N) is 1. The molecule has 3 N–H and O–H groups in total. The molecule has 2 rings (SSSR count). The summed E-state index contributed by atoms with van der Waals surface area (Å²) in [5, 5.41) is 3.18. The van der Waals surface area contributed by atoms with E-state index in [-0.39, 0.29) is 6.17 Å². The van der Waals surface area contributed by atoms with Crippen molar-refractivity contribution in [3.8, 4) is 0 Å². The first kappa shape index (κ1) is 7.37. The lowest BCUT2D eigenvalue weighted by molar-refractivity contribution is 0.938. The van der Waals surface area contributed by atoms with Gasteiger partial charge in [0.25, 0.3) is 0 Å². The van der Waals surface area contributed by atoms with Crippen LogP contribution in [-0.2, 0) is 0 Å². The zero-order chi connectivity index (χ0) is 8.55.